The van der Waals surface area contributed by atoms with Crippen LogP contribution in [0.1, 0.15) is 33.6 Å². The third-order valence-corrected chi connectivity index (χ3v) is 4.29. The summed E-state index contributed by atoms with van der Waals surface area (Å²) in [6.45, 7) is 9.32. The molecule has 3 nitrogen and oxygen atoms in total. The summed E-state index contributed by atoms with van der Waals surface area (Å²) < 4.78 is 0. The molecule has 0 aromatic heterocycles. The number of nitrogens with zero attached hydrogens (tertiary/aromatic N) is 1. The second-order valence-electron chi connectivity index (χ2n) is 5.49. The monoisotopic (exact) mass is 246 g/mol. The molecule has 0 aromatic rings. The predicted octanol–water partition coefficient (Wildman–Crippen LogP) is 1.66. The van der Waals surface area contributed by atoms with Crippen molar-refractivity contribution < 1.29 is 4.79 Å². The van der Waals surface area contributed by atoms with Crippen molar-refractivity contribution in [3.05, 3.63) is 0 Å². The van der Waals surface area contributed by atoms with Crippen molar-refractivity contribution in [2.75, 3.05) is 19.6 Å². The van der Waals surface area contributed by atoms with Crippen LogP contribution in [0.2, 0.25) is 0 Å². The zero-order valence-corrected chi connectivity index (χ0v) is 11.3. The molecule has 2 rings (SSSR count). The highest BCUT2D eigenvalue weighted by Crippen LogP contribution is 2.32. The Morgan fingerprint density at radius 2 is 2.12 bits per heavy atom. The van der Waals surface area contributed by atoms with Gasteiger partial charge in [-0.15, -0.1) is 12.4 Å². The van der Waals surface area contributed by atoms with Crippen LogP contribution < -0.4 is 5.32 Å². The average molecular weight is 247 g/mol. The summed E-state index contributed by atoms with van der Waals surface area (Å²) in [6.07, 6.45) is 2.15. The summed E-state index contributed by atoms with van der Waals surface area (Å²) in [7, 11) is 0. The number of rotatable bonds is 1. The Morgan fingerprint density at radius 1 is 1.44 bits per heavy atom. The van der Waals surface area contributed by atoms with Gasteiger partial charge in [-0.3, -0.25) is 4.79 Å². The van der Waals surface area contributed by atoms with Gasteiger partial charge in [0.05, 0.1) is 5.41 Å². The Balaban J connectivity index is 0.00000128. The summed E-state index contributed by atoms with van der Waals surface area (Å²) in [5, 5.41) is 3.30. The van der Waals surface area contributed by atoms with Crippen LogP contribution in [0, 0.1) is 11.3 Å². The predicted molar refractivity (Wildman–Crippen MR) is 67.8 cm³/mol. The van der Waals surface area contributed by atoms with E-state index in [0.717, 1.165) is 32.5 Å². The number of hydrogen-bond acceptors (Lipinski definition) is 2. The fourth-order valence-corrected chi connectivity index (χ4v) is 2.73. The van der Waals surface area contributed by atoms with Crippen LogP contribution in [-0.4, -0.2) is 36.5 Å². The van der Waals surface area contributed by atoms with Gasteiger partial charge in [0.15, 0.2) is 0 Å². The molecule has 0 aromatic carbocycles. The van der Waals surface area contributed by atoms with E-state index in [9.17, 15) is 4.79 Å². The molecule has 16 heavy (non-hydrogen) atoms. The van der Waals surface area contributed by atoms with Crippen LogP contribution >= 0.6 is 12.4 Å². The van der Waals surface area contributed by atoms with Gasteiger partial charge in [0.1, 0.15) is 0 Å². The first kappa shape index (κ1) is 13.8. The Morgan fingerprint density at radius 3 is 2.56 bits per heavy atom. The molecule has 3 unspecified atom stereocenters. The van der Waals surface area contributed by atoms with Gasteiger partial charge in [-0.05, 0) is 39.2 Å². The smallest absolute Gasteiger partial charge is 0.230 e. The Hall–Kier alpha value is -0.280. The molecule has 2 fully saturated rings. The second-order valence-corrected chi connectivity index (χ2v) is 5.49. The summed E-state index contributed by atoms with van der Waals surface area (Å²) in [5.41, 5.74) is -0.141. The lowest BCUT2D eigenvalue weighted by molar-refractivity contribution is -0.141. The largest absolute Gasteiger partial charge is 0.339 e. The van der Waals surface area contributed by atoms with Gasteiger partial charge >= 0.3 is 0 Å². The number of halogens is 1. The van der Waals surface area contributed by atoms with Gasteiger partial charge in [-0.1, -0.05) is 6.92 Å². The topological polar surface area (TPSA) is 32.3 Å². The lowest BCUT2D eigenvalue weighted by Gasteiger charge is -2.31. The van der Waals surface area contributed by atoms with E-state index in [-0.39, 0.29) is 17.8 Å². The van der Waals surface area contributed by atoms with E-state index in [4.69, 9.17) is 0 Å². The Bertz CT molecular complexity index is 264. The Labute approximate surface area is 104 Å². The number of likely N-dealkylation sites (tertiary alicyclic amines) is 1. The quantitative estimate of drug-likeness (QED) is 0.763. The third-order valence-electron chi connectivity index (χ3n) is 4.29. The normalized spacial score (nSPS) is 38.6. The number of carbonyl (C=O) groups is 1. The van der Waals surface area contributed by atoms with Crippen molar-refractivity contribution in [2.45, 2.75) is 39.7 Å². The molecule has 1 amide bonds. The van der Waals surface area contributed by atoms with E-state index in [1.54, 1.807) is 0 Å². The van der Waals surface area contributed by atoms with Crippen molar-refractivity contribution in [2.24, 2.45) is 11.3 Å². The SMILES string of the molecule is CC1CCN(C(=O)C2(C)CCNC2)C1C.Cl. The fraction of sp³-hybridized carbons (Fsp3) is 0.917. The van der Waals surface area contributed by atoms with Crippen molar-refractivity contribution >= 4 is 18.3 Å². The molecule has 1 N–H and O–H groups in total. The number of nitrogens with one attached hydrogen (secondary N) is 1. The van der Waals surface area contributed by atoms with Crippen molar-refractivity contribution in [3.63, 3.8) is 0 Å². The first-order chi connectivity index (χ1) is 7.04. The average Bonchev–Trinajstić information content (AvgIpc) is 2.77. The van der Waals surface area contributed by atoms with E-state index in [2.05, 4.69) is 31.0 Å². The zero-order valence-electron chi connectivity index (χ0n) is 10.5. The van der Waals surface area contributed by atoms with Gasteiger partial charge in [0, 0.05) is 19.1 Å². The van der Waals surface area contributed by atoms with Gasteiger partial charge in [-0.2, -0.15) is 0 Å². The highest BCUT2D eigenvalue weighted by atomic mass is 35.5. The first-order valence-electron chi connectivity index (χ1n) is 6.06. The molecule has 0 aliphatic carbocycles. The van der Waals surface area contributed by atoms with E-state index in [0.29, 0.717) is 17.9 Å². The molecule has 0 radical (unpaired) electrons. The van der Waals surface area contributed by atoms with Crippen molar-refractivity contribution in [3.8, 4) is 0 Å². The van der Waals surface area contributed by atoms with Crippen LogP contribution in [0.4, 0.5) is 0 Å². The van der Waals surface area contributed by atoms with E-state index < -0.39 is 0 Å². The fourth-order valence-electron chi connectivity index (χ4n) is 2.73. The summed E-state index contributed by atoms with van der Waals surface area (Å²) in [4.78, 5) is 14.5. The molecule has 2 saturated heterocycles. The molecule has 0 bridgehead atoms. The van der Waals surface area contributed by atoms with E-state index in [1.165, 1.54) is 0 Å². The molecule has 3 atom stereocenters. The molecule has 2 aliphatic heterocycles. The molecule has 94 valence electrons. The highest BCUT2D eigenvalue weighted by Gasteiger charge is 2.42. The first-order valence-corrected chi connectivity index (χ1v) is 6.06. The summed E-state index contributed by atoms with van der Waals surface area (Å²) >= 11 is 0. The molecule has 0 spiro atoms. The third kappa shape index (κ3) is 2.21. The standard InChI is InChI=1S/C12H22N2O.ClH/c1-9-4-7-14(10(9)2)11(15)12(3)5-6-13-8-12;/h9-10,13H,4-8H2,1-3H3;1H. The number of hydrogen-bond donors (Lipinski definition) is 1. The van der Waals surface area contributed by atoms with Crippen LogP contribution in [0.3, 0.4) is 0 Å². The minimum Gasteiger partial charge on any atom is -0.339 e. The van der Waals surface area contributed by atoms with Gasteiger partial charge < -0.3 is 10.2 Å². The van der Waals surface area contributed by atoms with Gasteiger partial charge in [0.25, 0.3) is 0 Å². The second kappa shape index (κ2) is 4.92. The minimum atomic E-state index is -0.141. The van der Waals surface area contributed by atoms with Gasteiger partial charge in [0.2, 0.25) is 5.91 Å². The van der Waals surface area contributed by atoms with Gasteiger partial charge in [-0.25, -0.2) is 0 Å². The molecule has 2 aliphatic rings. The zero-order chi connectivity index (χ0) is 11.1. The highest BCUT2D eigenvalue weighted by molar-refractivity contribution is 5.85. The maximum Gasteiger partial charge on any atom is 0.230 e. The lowest BCUT2D eigenvalue weighted by Crippen LogP contribution is -2.45. The van der Waals surface area contributed by atoms with Crippen LogP contribution in [0.25, 0.3) is 0 Å². The molecular weight excluding hydrogens is 224 g/mol. The van der Waals surface area contributed by atoms with Crippen LogP contribution in [0.15, 0.2) is 0 Å². The Kier molecular flexibility index (Phi) is 4.24. The maximum atomic E-state index is 12.4. The molecule has 0 saturated carbocycles. The van der Waals surface area contributed by atoms with Crippen LogP contribution in [-0.2, 0) is 4.79 Å². The van der Waals surface area contributed by atoms with E-state index >= 15 is 0 Å². The number of carbonyl (C=O) groups excluding carboxylic acids is 1. The van der Waals surface area contributed by atoms with Crippen LogP contribution in [0.5, 0.6) is 0 Å². The van der Waals surface area contributed by atoms with Crippen molar-refractivity contribution in [1.29, 1.82) is 0 Å². The lowest BCUT2D eigenvalue weighted by atomic mass is 9.87. The maximum absolute atomic E-state index is 12.4. The summed E-state index contributed by atoms with van der Waals surface area (Å²) in [5.74, 6) is 1.02. The minimum absolute atomic E-state index is 0. The molecular formula is C12H23ClN2O. The summed E-state index contributed by atoms with van der Waals surface area (Å²) in [6, 6.07) is 0.426. The van der Waals surface area contributed by atoms with Crippen molar-refractivity contribution in [1.82, 2.24) is 10.2 Å². The molecule has 2 heterocycles. The number of amides is 1. The molecule has 4 heteroatoms. The van der Waals surface area contributed by atoms with E-state index in [1.807, 2.05) is 0 Å².